The molecule has 2 heterocycles. The molecule has 0 fully saturated rings. The smallest absolute Gasteiger partial charge is 0.275 e. The first-order chi connectivity index (χ1) is 12.5. The number of aryl methyl sites for hydroxylation is 1. The van der Waals surface area contributed by atoms with E-state index in [0.717, 1.165) is 24.2 Å². The molecule has 6 heteroatoms. The maximum absolute atomic E-state index is 12.9. The molecule has 0 unspecified atom stereocenters. The molecule has 0 bridgehead atoms. The first kappa shape index (κ1) is 16.8. The third kappa shape index (κ3) is 2.89. The first-order valence-corrected chi connectivity index (χ1v) is 9.09. The quantitative estimate of drug-likeness (QED) is 0.850. The second-order valence-electron chi connectivity index (χ2n) is 7.34. The van der Waals surface area contributed by atoms with E-state index in [4.69, 9.17) is 4.52 Å². The van der Waals surface area contributed by atoms with Crippen molar-refractivity contribution in [2.24, 2.45) is 0 Å². The van der Waals surface area contributed by atoms with Gasteiger partial charge in [0.1, 0.15) is 5.76 Å². The number of nitrogens with zero attached hydrogens (tertiary/aromatic N) is 3. The van der Waals surface area contributed by atoms with E-state index in [2.05, 4.69) is 23.4 Å². The van der Waals surface area contributed by atoms with Crippen molar-refractivity contribution in [3.8, 4) is 0 Å². The lowest BCUT2D eigenvalue weighted by Crippen LogP contribution is -2.37. The van der Waals surface area contributed by atoms with Crippen LogP contribution in [0.1, 0.15) is 51.7 Å². The highest BCUT2D eigenvalue weighted by molar-refractivity contribution is 5.93. The predicted octanol–water partition coefficient (Wildman–Crippen LogP) is 2.38. The van der Waals surface area contributed by atoms with Crippen molar-refractivity contribution in [3.63, 3.8) is 0 Å². The van der Waals surface area contributed by atoms with E-state index in [1.165, 1.54) is 16.0 Å². The molecule has 26 heavy (non-hydrogen) atoms. The SMILES string of the molecule is CN(C)C(=O)c1noc2c1CN(C(=O)C[C@@H]1CCc3ccccc31)CC2. The van der Waals surface area contributed by atoms with Crippen LogP contribution in [0.25, 0.3) is 0 Å². The Kier molecular flexibility index (Phi) is 4.26. The van der Waals surface area contributed by atoms with Crippen molar-refractivity contribution in [1.29, 1.82) is 0 Å². The van der Waals surface area contributed by atoms with Crippen LogP contribution in [0.15, 0.2) is 28.8 Å². The van der Waals surface area contributed by atoms with E-state index in [1.54, 1.807) is 14.1 Å². The molecular weight excluding hydrogens is 330 g/mol. The highest BCUT2D eigenvalue weighted by Crippen LogP contribution is 2.36. The minimum absolute atomic E-state index is 0.141. The molecule has 136 valence electrons. The number of benzene rings is 1. The molecule has 2 aromatic rings. The van der Waals surface area contributed by atoms with Crippen molar-refractivity contribution in [2.75, 3.05) is 20.6 Å². The number of amides is 2. The van der Waals surface area contributed by atoms with Crippen LogP contribution in [-0.2, 0) is 24.2 Å². The Morgan fingerprint density at radius 3 is 2.88 bits per heavy atom. The van der Waals surface area contributed by atoms with Gasteiger partial charge < -0.3 is 14.3 Å². The fraction of sp³-hybridized carbons (Fsp3) is 0.450. The van der Waals surface area contributed by atoms with Gasteiger partial charge in [0.2, 0.25) is 5.91 Å². The molecule has 0 saturated carbocycles. The van der Waals surface area contributed by atoms with Crippen molar-refractivity contribution in [1.82, 2.24) is 15.0 Å². The van der Waals surface area contributed by atoms with E-state index in [0.29, 0.717) is 37.5 Å². The van der Waals surface area contributed by atoms with Gasteiger partial charge in [0.15, 0.2) is 5.69 Å². The van der Waals surface area contributed by atoms with Crippen LogP contribution in [-0.4, -0.2) is 47.4 Å². The molecule has 0 N–H and O–H groups in total. The van der Waals surface area contributed by atoms with Crippen LogP contribution in [0, 0.1) is 0 Å². The van der Waals surface area contributed by atoms with Gasteiger partial charge in [-0.15, -0.1) is 0 Å². The van der Waals surface area contributed by atoms with Crippen LogP contribution in [0.3, 0.4) is 0 Å². The standard InChI is InChI=1S/C20H23N3O3/c1-22(2)20(25)19-16-12-23(10-9-17(16)26-21-19)18(24)11-14-8-7-13-5-3-4-6-15(13)14/h3-6,14H,7-12H2,1-2H3/t14-/m0/s1. The van der Waals surface area contributed by atoms with Gasteiger partial charge in [-0.25, -0.2) is 0 Å². The fourth-order valence-electron chi connectivity index (χ4n) is 4.00. The fourth-order valence-corrected chi connectivity index (χ4v) is 4.00. The van der Waals surface area contributed by atoms with Crippen molar-refractivity contribution >= 4 is 11.8 Å². The monoisotopic (exact) mass is 353 g/mol. The zero-order valence-corrected chi connectivity index (χ0v) is 15.2. The van der Waals surface area contributed by atoms with Gasteiger partial charge in [-0.1, -0.05) is 29.4 Å². The van der Waals surface area contributed by atoms with Crippen molar-refractivity contribution in [2.45, 2.75) is 38.1 Å². The molecule has 2 aliphatic rings. The zero-order valence-electron chi connectivity index (χ0n) is 15.2. The average molecular weight is 353 g/mol. The summed E-state index contributed by atoms with van der Waals surface area (Å²) < 4.78 is 5.33. The number of hydrogen-bond acceptors (Lipinski definition) is 4. The van der Waals surface area contributed by atoms with E-state index in [-0.39, 0.29) is 11.8 Å². The number of carbonyl (C=O) groups excluding carboxylic acids is 2. The Morgan fingerprint density at radius 2 is 2.08 bits per heavy atom. The highest BCUT2D eigenvalue weighted by atomic mass is 16.5. The summed E-state index contributed by atoms with van der Waals surface area (Å²) in [7, 11) is 3.37. The van der Waals surface area contributed by atoms with Gasteiger partial charge >= 0.3 is 0 Å². The summed E-state index contributed by atoms with van der Waals surface area (Å²) in [4.78, 5) is 28.5. The Hall–Kier alpha value is -2.63. The van der Waals surface area contributed by atoms with E-state index < -0.39 is 0 Å². The van der Waals surface area contributed by atoms with Gasteiger partial charge in [0.25, 0.3) is 5.91 Å². The summed E-state index contributed by atoms with van der Waals surface area (Å²) >= 11 is 0. The van der Waals surface area contributed by atoms with Crippen LogP contribution < -0.4 is 0 Å². The average Bonchev–Trinajstić information content (AvgIpc) is 3.25. The Bertz CT molecular complexity index is 856. The van der Waals surface area contributed by atoms with Gasteiger partial charge in [-0.2, -0.15) is 0 Å². The molecule has 2 amide bonds. The lowest BCUT2D eigenvalue weighted by atomic mass is 9.96. The first-order valence-electron chi connectivity index (χ1n) is 9.09. The second-order valence-corrected chi connectivity index (χ2v) is 7.34. The van der Waals surface area contributed by atoms with Gasteiger partial charge in [-0.05, 0) is 29.9 Å². The number of fused-ring (bicyclic) bond motifs is 2. The molecule has 1 aliphatic heterocycles. The number of carbonyl (C=O) groups is 2. The Balaban J connectivity index is 1.48. The van der Waals surface area contributed by atoms with Crippen LogP contribution in [0.4, 0.5) is 0 Å². The molecule has 1 atom stereocenters. The summed E-state index contributed by atoms with van der Waals surface area (Å²) in [6.07, 6.45) is 3.21. The maximum Gasteiger partial charge on any atom is 0.275 e. The van der Waals surface area contributed by atoms with E-state index in [1.807, 2.05) is 11.0 Å². The largest absolute Gasteiger partial charge is 0.360 e. The normalized spacial score (nSPS) is 18.4. The summed E-state index contributed by atoms with van der Waals surface area (Å²) in [6, 6.07) is 8.40. The lowest BCUT2D eigenvalue weighted by Gasteiger charge is -2.27. The minimum Gasteiger partial charge on any atom is -0.360 e. The molecule has 0 spiro atoms. The van der Waals surface area contributed by atoms with Gasteiger partial charge in [0, 0.05) is 39.0 Å². The third-order valence-corrected chi connectivity index (χ3v) is 5.47. The maximum atomic E-state index is 12.9. The van der Waals surface area contributed by atoms with Crippen LogP contribution >= 0.6 is 0 Å². The molecule has 1 aromatic heterocycles. The zero-order chi connectivity index (χ0) is 18.3. The van der Waals surface area contributed by atoms with Gasteiger partial charge in [-0.3, -0.25) is 9.59 Å². The van der Waals surface area contributed by atoms with Crippen molar-refractivity contribution < 1.29 is 14.1 Å². The topological polar surface area (TPSA) is 66.7 Å². The number of aromatic nitrogens is 1. The molecule has 0 saturated heterocycles. The third-order valence-electron chi connectivity index (χ3n) is 5.47. The predicted molar refractivity (Wildman–Crippen MR) is 95.8 cm³/mol. The molecule has 1 aliphatic carbocycles. The van der Waals surface area contributed by atoms with Crippen LogP contribution in [0.5, 0.6) is 0 Å². The van der Waals surface area contributed by atoms with E-state index >= 15 is 0 Å². The molecule has 1 aromatic carbocycles. The highest BCUT2D eigenvalue weighted by Gasteiger charge is 2.32. The van der Waals surface area contributed by atoms with E-state index in [9.17, 15) is 9.59 Å². The Morgan fingerprint density at radius 1 is 1.27 bits per heavy atom. The van der Waals surface area contributed by atoms with Gasteiger partial charge in [0.05, 0.1) is 6.54 Å². The second kappa shape index (κ2) is 6.59. The molecule has 6 nitrogen and oxygen atoms in total. The number of hydrogen-bond donors (Lipinski definition) is 0. The molecule has 4 rings (SSSR count). The lowest BCUT2D eigenvalue weighted by molar-refractivity contribution is -0.132. The summed E-state index contributed by atoms with van der Waals surface area (Å²) in [5, 5.41) is 3.94. The summed E-state index contributed by atoms with van der Waals surface area (Å²) in [5.41, 5.74) is 3.76. The molecule has 0 radical (unpaired) electrons. The van der Waals surface area contributed by atoms with Crippen LogP contribution in [0.2, 0.25) is 0 Å². The minimum atomic E-state index is -0.186. The summed E-state index contributed by atoms with van der Waals surface area (Å²) in [6.45, 7) is 1.02. The van der Waals surface area contributed by atoms with Crippen molar-refractivity contribution in [3.05, 3.63) is 52.4 Å². The molecular formula is C20H23N3O3. The number of rotatable bonds is 3. The summed E-state index contributed by atoms with van der Waals surface area (Å²) in [5.74, 6) is 0.978. The Labute approximate surface area is 152 Å².